The second kappa shape index (κ2) is 6.72. The van der Waals surface area contributed by atoms with Gasteiger partial charge in [-0.05, 0) is 48.9 Å². The van der Waals surface area contributed by atoms with E-state index in [1.54, 1.807) is 43.1 Å². The van der Waals surface area contributed by atoms with Crippen molar-refractivity contribution < 1.29 is 0 Å². The first-order valence-electron chi connectivity index (χ1n) is 8.94. The molecule has 0 atom stereocenters. The lowest BCUT2D eigenvalue weighted by atomic mass is 9.98. The summed E-state index contributed by atoms with van der Waals surface area (Å²) in [6, 6.07) is 15.0. The lowest BCUT2D eigenvalue weighted by molar-refractivity contribution is 0.858. The van der Waals surface area contributed by atoms with Gasteiger partial charge in [0.15, 0.2) is 0 Å². The Labute approximate surface area is 170 Å². The molecular weight excluding hydrogens is 388 g/mol. The second-order valence-corrected chi connectivity index (χ2v) is 7.10. The van der Waals surface area contributed by atoms with Crippen LogP contribution in [0.15, 0.2) is 72.2 Å². The number of aromatic nitrogens is 6. The fourth-order valence-corrected chi connectivity index (χ4v) is 3.55. The Balaban J connectivity index is 1.72. The summed E-state index contributed by atoms with van der Waals surface area (Å²) >= 11 is 5.98. The van der Waals surface area contributed by atoms with Gasteiger partial charge in [-0.3, -0.25) is 9.36 Å². The lowest BCUT2D eigenvalue weighted by Crippen LogP contribution is -2.14. The third kappa shape index (κ3) is 2.92. The van der Waals surface area contributed by atoms with Crippen molar-refractivity contribution in [3.63, 3.8) is 0 Å². The van der Waals surface area contributed by atoms with E-state index in [1.807, 2.05) is 35.8 Å². The van der Waals surface area contributed by atoms with Crippen LogP contribution in [0.25, 0.3) is 33.8 Å². The molecule has 3 aromatic rings. The summed E-state index contributed by atoms with van der Waals surface area (Å²) in [5.41, 5.74) is 5.30. The molecule has 29 heavy (non-hydrogen) atoms. The number of nitrogens with one attached hydrogen (secondary N) is 1. The van der Waals surface area contributed by atoms with Crippen LogP contribution < -0.4 is 5.56 Å². The van der Waals surface area contributed by atoms with Crippen molar-refractivity contribution in [3.05, 3.63) is 88.5 Å². The van der Waals surface area contributed by atoms with Gasteiger partial charge in [0.1, 0.15) is 18.3 Å². The zero-order valence-electron chi connectivity index (χ0n) is 15.4. The number of aromatic amines is 1. The van der Waals surface area contributed by atoms with Gasteiger partial charge in [0, 0.05) is 28.2 Å². The summed E-state index contributed by atoms with van der Waals surface area (Å²) in [5, 5.41) is 13.0. The minimum atomic E-state index is -0.185. The van der Waals surface area contributed by atoms with Crippen molar-refractivity contribution in [2.45, 2.75) is 6.92 Å². The van der Waals surface area contributed by atoms with E-state index >= 15 is 0 Å². The van der Waals surface area contributed by atoms with Gasteiger partial charge < -0.3 is 4.98 Å². The van der Waals surface area contributed by atoms with Gasteiger partial charge in [-0.15, -0.1) is 10.2 Å². The number of nitrogens with zero attached hydrogens (tertiary/aromatic N) is 5. The molecule has 0 aliphatic carbocycles. The van der Waals surface area contributed by atoms with Crippen molar-refractivity contribution in [2.24, 2.45) is 0 Å². The second-order valence-electron chi connectivity index (χ2n) is 6.66. The molecule has 0 spiro atoms. The first kappa shape index (κ1) is 17.4. The predicted molar refractivity (Wildman–Crippen MR) is 111 cm³/mol. The van der Waals surface area contributed by atoms with Crippen LogP contribution in [-0.2, 0) is 0 Å². The average molecular weight is 403 g/mol. The summed E-state index contributed by atoms with van der Waals surface area (Å²) in [5.74, 6) is 0. The van der Waals surface area contributed by atoms with E-state index < -0.39 is 0 Å². The van der Waals surface area contributed by atoms with E-state index in [-0.39, 0.29) is 5.56 Å². The van der Waals surface area contributed by atoms with E-state index in [2.05, 4.69) is 20.3 Å². The number of fused-ring (bicyclic) bond motifs is 1. The molecule has 0 fully saturated rings. The van der Waals surface area contributed by atoms with Crippen LogP contribution in [0.2, 0.25) is 5.02 Å². The Morgan fingerprint density at radius 3 is 2.52 bits per heavy atom. The smallest absolute Gasteiger partial charge is 0.282 e. The van der Waals surface area contributed by atoms with Gasteiger partial charge in [0.25, 0.3) is 5.56 Å². The van der Waals surface area contributed by atoms with Crippen molar-refractivity contribution >= 4 is 11.6 Å². The third-order valence-corrected chi connectivity index (χ3v) is 5.10. The molecule has 0 saturated heterocycles. The predicted octanol–water partition coefficient (Wildman–Crippen LogP) is 3.87. The quantitative estimate of drug-likeness (QED) is 0.496. The fraction of sp³-hybridized carbons (Fsp3) is 0.0476. The van der Waals surface area contributed by atoms with Gasteiger partial charge in [-0.25, -0.2) is 0 Å². The molecule has 0 unspecified atom stereocenters. The van der Waals surface area contributed by atoms with Crippen molar-refractivity contribution in [1.82, 2.24) is 29.5 Å². The van der Waals surface area contributed by atoms with Gasteiger partial charge in [0.05, 0.1) is 11.3 Å². The first-order valence-corrected chi connectivity index (χ1v) is 9.32. The zero-order chi connectivity index (χ0) is 20.0. The maximum absolute atomic E-state index is 13.0. The van der Waals surface area contributed by atoms with Crippen LogP contribution in [0.5, 0.6) is 0 Å². The summed E-state index contributed by atoms with van der Waals surface area (Å²) in [4.78, 5) is 16.2. The number of hydrogen-bond acceptors (Lipinski definition) is 4. The Bertz CT molecular complexity index is 1330. The molecule has 3 heterocycles. The third-order valence-electron chi connectivity index (χ3n) is 4.85. The van der Waals surface area contributed by atoms with Gasteiger partial charge >= 0.3 is 0 Å². The number of hydrogen-bond donors (Lipinski definition) is 1. The molecule has 2 aromatic carbocycles. The molecule has 142 valence electrons. The number of benzene rings is 2. The first-order chi connectivity index (χ1) is 14.1. The highest BCUT2D eigenvalue weighted by Crippen LogP contribution is 2.33. The van der Waals surface area contributed by atoms with E-state index in [4.69, 9.17) is 11.6 Å². The maximum Gasteiger partial charge on any atom is 0.282 e. The summed E-state index contributed by atoms with van der Waals surface area (Å²) in [6.45, 7) is 1.96. The molecule has 0 amide bonds. The summed E-state index contributed by atoms with van der Waals surface area (Å²) < 4.78 is 3.23. The highest BCUT2D eigenvalue weighted by Gasteiger charge is 2.22. The fourth-order valence-electron chi connectivity index (χ4n) is 3.43. The number of pyridine rings is 1. The minimum absolute atomic E-state index is 0.185. The van der Waals surface area contributed by atoms with Gasteiger partial charge in [0.2, 0.25) is 0 Å². The van der Waals surface area contributed by atoms with E-state index in [9.17, 15) is 4.79 Å². The largest absolute Gasteiger partial charge is 0.364 e. The molecule has 0 bridgehead atoms. The average Bonchev–Trinajstić information content (AvgIpc) is 3.37. The molecule has 2 aliphatic rings. The van der Waals surface area contributed by atoms with Crippen LogP contribution in [-0.4, -0.2) is 29.5 Å². The summed E-state index contributed by atoms with van der Waals surface area (Å²) in [7, 11) is 0. The topological polar surface area (TPSA) is 81.4 Å². The molecule has 1 aromatic heterocycles. The standard InChI is InChI=1S/C21H15ClN6O/c1-13-19(14-3-2-4-17(9-14)27-11-24-25-12-27)20-18(10-23-13)21(29)28(26-20)16-7-5-15(22)6-8-16/h2-12,23H,1H3. The number of rotatable bonds is 3. The van der Waals surface area contributed by atoms with Gasteiger partial charge in [-0.2, -0.15) is 9.78 Å². The molecule has 0 radical (unpaired) electrons. The van der Waals surface area contributed by atoms with Crippen LogP contribution in [0.4, 0.5) is 0 Å². The van der Waals surface area contributed by atoms with E-state index in [1.165, 1.54) is 4.68 Å². The molecule has 0 saturated carbocycles. The normalized spacial score (nSPS) is 11.2. The number of aryl methyl sites for hydroxylation is 1. The van der Waals surface area contributed by atoms with E-state index in [0.717, 1.165) is 22.5 Å². The Morgan fingerprint density at radius 2 is 1.76 bits per heavy atom. The van der Waals surface area contributed by atoms with E-state index in [0.29, 0.717) is 22.0 Å². The summed E-state index contributed by atoms with van der Waals surface area (Å²) in [6.07, 6.45) is 4.99. The van der Waals surface area contributed by atoms with Crippen LogP contribution >= 0.6 is 11.6 Å². The molecule has 2 aliphatic heterocycles. The SMILES string of the molecule is Cc1[nH]cc2c(=O)n(-c3ccc(Cl)cc3)nc-2c1-c1cccc(-n2cnnc2)c1. The van der Waals surface area contributed by atoms with Crippen LogP contribution in [0.1, 0.15) is 5.69 Å². The van der Waals surface area contributed by atoms with Gasteiger partial charge in [-0.1, -0.05) is 23.7 Å². The molecule has 5 rings (SSSR count). The highest BCUT2D eigenvalue weighted by atomic mass is 35.5. The molecule has 8 heteroatoms. The minimum Gasteiger partial charge on any atom is -0.364 e. The Morgan fingerprint density at radius 1 is 1.00 bits per heavy atom. The Kier molecular flexibility index (Phi) is 4.03. The van der Waals surface area contributed by atoms with Crippen LogP contribution in [0, 0.1) is 6.92 Å². The lowest BCUT2D eigenvalue weighted by Gasteiger charge is -2.11. The molecule has 1 N–H and O–H groups in total. The van der Waals surface area contributed by atoms with Crippen molar-refractivity contribution in [1.29, 1.82) is 0 Å². The highest BCUT2D eigenvalue weighted by molar-refractivity contribution is 6.30. The number of H-pyrrole nitrogens is 1. The molecule has 7 nitrogen and oxygen atoms in total. The Hall–Kier alpha value is -3.71. The maximum atomic E-state index is 13.0. The number of halogens is 1. The van der Waals surface area contributed by atoms with Crippen molar-refractivity contribution in [3.8, 4) is 33.8 Å². The zero-order valence-corrected chi connectivity index (χ0v) is 16.1. The van der Waals surface area contributed by atoms with Crippen molar-refractivity contribution in [2.75, 3.05) is 0 Å². The monoisotopic (exact) mass is 402 g/mol. The molecular formula is C21H15ClN6O. The van der Waals surface area contributed by atoms with Crippen LogP contribution in [0.3, 0.4) is 0 Å².